The van der Waals surface area contributed by atoms with E-state index in [1.165, 1.54) is 0 Å². The van der Waals surface area contributed by atoms with Crippen LogP contribution in [0.25, 0.3) is 0 Å². The minimum Gasteiger partial charge on any atom is -0.454 e. The molecule has 2 aliphatic rings. The number of Topliss-reactive ketones (excluding diaryl/α,β-unsaturated/α-hetero) is 1. The van der Waals surface area contributed by atoms with Crippen LogP contribution in [0, 0.1) is 0 Å². The van der Waals surface area contributed by atoms with Crippen molar-refractivity contribution >= 4 is 11.7 Å². The molecule has 1 amide bonds. The molecule has 7 heteroatoms. The average Bonchev–Trinajstić information content (AvgIpc) is 3.18. The van der Waals surface area contributed by atoms with E-state index in [2.05, 4.69) is 19.2 Å². The highest BCUT2D eigenvalue weighted by atomic mass is 16.7. The molecule has 150 valence electrons. The van der Waals surface area contributed by atoms with Crippen molar-refractivity contribution in [1.82, 2.24) is 15.1 Å². The summed E-state index contributed by atoms with van der Waals surface area (Å²) in [5.74, 6) is 1.07. The summed E-state index contributed by atoms with van der Waals surface area (Å²) in [4.78, 5) is 29.1. The van der Waals surface area contributed by atoms with Crippen LogP contribution >= 0.6 is 0 Å². The Kier molecular flexibility index (Phi) is 6.04. The number of nitrogens with zero attached hydrogens (tertiary/aromatic N) is 2. The van der Waals surface area contributed by atoms with Gasteiger partial charge in [-0.3, -0.25) is 14.5 Å². The Morgan fingerprint density at radius 2 is 1.96 bits per heavy atom. The SMILES string of the molecule is CC(C)N1C=CCC(C(=O)NCN(C)[C@@H](C)C(=O)c2ccc3c(c2)OCO3)=C1. The Morgan fingerprint density at radius 1 is 1.21 bits per heavy atom. The zero-order chi connectivity index (χ0) is 20.3. The van der Waals surface area contributed by atoms with Gasteiger partial charge in [-0.1, -0.05) is 6.08 Å². The molecule has 0 saturated carbocycles. The number of likely N-dealkylation sites (N-methyl/N-ethyl adjacent to an activating group) is 1. The van der Waals surface area contributed by atoms with Crippen molar-refractivity contribution in [3.63, 3.8) is 0 Å². The van der Waals surface area contributed by atoms with E-state index in [1.54, 1.807) is 18.2 Å². The third-order valence-electron chi connectivity index (χ3n) is 4.99. The second-order valence-electron chi connectivity index (χ2n) is 7.31. The van der Waals surface area contributed by atoms with Crippen molar-refractivity contribution in [2.75, 3.05) is 20.5 Å². The number of hydrogen-bond acceptors (Lipinski definition) is 6. The number of allylic oxidation sites excluding steroid dienone is 1. The molecule has 1 aromatic rings. The molecule has 2 heterocycles. The van der Waals surface area contributed by atoms with Gasteiger partial charge in [0.1, 0.15) is 0 Å². The molecule has 1 N–H and O–H groups in total. The summed E-state index contributed by atoms with van der Waals surface area (Å²) in [7, 11) is 1.81. The lowest BCUT2D eigenvalue weighted by atomic mass is 10.0. The topological polar surface area (TPSA) is 71.1 Å². The Morgan fingerprint density at radius 3 is 2.71 bits per heavy atom. The first-order valence-corrected chi connectivity index (χ1v) is 9.44. The van der Waals surface area contributed by atoms with E-state index in [0.717, 1.165) is 0 Å². The average molecular weight is 385 g/mol. The standard InChI is InChI=1S/C21H27N3O4/c1-14(2)24-9-5-6-17(11-24)21(26)22-12-23(4)15(3)20(25)16-7-8-18-19(10-16)28-13-27-18/h5,7-11,14-15H,6,12-13H2,1-4H3,(H,22,26)/t15-/m0/s1. The molecule has 0 unspecified atom stereocenters. The number of carbonyl (C=O) groups is 2. The van der Waals surface area contributed by atoms with Gasteiger partial charge in [-0.05, 0) is 52.4 Å². The van der Waals surface area contributed by atoms with Crippen LogP contribution in [0.3, 0.4) is 0 Å². The predicted molar refractivity (Wildman–Crippen MR) is 106 cm³/mol. The molecular formula is C21H27N3O4. The van der Waals surface area contributed by atoms with Gasteiger partial charge in [0.2, 0.25) is 12.7 Å². The van der Waals surface area contributed by atoms with E-state index in [4.69, 9.17) is 9.47 Å². The first-order chi connectivity index (χ1) is 13.4. The predicted octanol–water partition coefficient (Wildman–Crippen LogP) is 2.50. The first kappa shape index (κ1) is 19.9. The van der Waals surface area contributed by atoms with Gasteiger partial charge in [-0.2, -0.15) is 0 Å². The summed E-state index contributed by atoms with van der Waals surface area (Å²) in [5, 5.41) is 2.90. The molecule has 1 aromatic carbocycles. The van der Waals surface area contributed by atoms with E-state index in [0.29, 0.717) is 35.1 Å². The summed E-state index contributed by atoms with van der Waals surface area (Å²) in [6, 6.07) is 5.08. The van der Waals surface area contributed by atoms with E-state index in [-0.39, 0.29) is 25.2 Å². The van der Waals surface area contributed by atoms with Crippen molar-refractivity contribution in [3.05, 3.63) is 47.8 Å². The van der Waals surface area contributed by atoms with Crippen molar-refractivity contribution < 1.29 is 19.1 Å². The normalized spacial score (nSPS) is 16.4. The van der Waals surface area contributed by atoms with Crippen LogP contribution in [0.15, 0.2) is 42.2 Å². The molecular weight excluding hydrogens is 358 g/mol. The Labute approximate surface area is 165 Å². The van der Waals surface area contributed by atoms with Gasteiger partial charge >= 0.3 is 0 Å². The second-order valence-corrected chi connectivity index (χ2v) is 7.31. The third-order valence-corrected chi connectivity index (χ3v) is 4.99. The molecule has 0 aromatic heterocycles. The van der Waals surface area contributed by atoms with Gasteiger partial charge in [0.05, 0.1) is 12.7 Å². The number of ether oxygens (including phenoxy) is 2. The number of ketones is 1. The van der Waals surface area contributed by atoms with Crippen molar-refractivity contribution in [2.24, 2.45) is 0 Å². The summed E-state index contributed by atoms with van der Waals surface area (Å²) < 4.78 is 10.6. The summed E-state index contributed by atoms with van der Waals surface area (Å²) in [5.41, 5.74) is 1.27. The van der Waals surface area contributed by atoms with Crippen molar-refractivity contribution in [1.29, 1.82) is 0 Å². The smallest absolute Gasteiger partial charge is 0.249 e. The van der Waals surface area contributed by atoms with E-state index >= 15 is 0 Å². The molecule has 0 radical (unpaired) electrons. The molecule has 0 aliphatic carbocycles. The van der Waals surface area contributed by atoms with Gasteiger partial charge in [0.25, 0.3) is 0 Å². The Bertz CT molecular complexity index is 816. The van der Waals surface area contributed by atoms with Crippen LogP contribution in [0.2, 0.25) is 0 Å². The largest absolute Gasteiger partial charge is 0.454 e. The first-order valence-electron chi connectivity index (χ1n) is 9.44. The molecule has 3 rings (SSSR count). The molecule has 0 spiro atoms. The number of fused-ring (bicyclic) bond motifs is 1. The lowest BCUT2D eigenvalue weighted by Crippen LogP contribution is -2.44. The molecule has 28 heavy (non-hydrogen) atoms. The summed E-state index contributed by atoms with van der Waals surface area (Å²) in [6.07, 6.45) is 6.44. The molecule has 2 aliphatic heterocycles. The fraction of sp³-hybridized carbons (Fsp3) is 0.429. The van der Waals surface area contributed by atoms with Crippen LogP contribution < -0.4 is 14.8 Å². The molecule has 7 nitrogen and oxygen atoms in total. The second kappa shape index (κ2) is 8.48. The number of nitrogens with one attached hydrogen (secondary N) is 1. The highest BCUT2D eigenvalue weighted by Crippen LogP contribution is 2.32. The molecule has 0 saturated heterocycles. The minimum atomic E-state index is -0.395. The van der Waals surface area contributed by atoms with Gasteiger partial charge in [0.15, 0.2) is 17.3 Å². The van der Waals surface area contributed by atoms with Crippen LogP contribution in [0.4, 0.5) is 0 Å². The zero-order valence-corrected chi connectivity index (χ0v) is 16.8. The van der Waals surface area contributed by atoms with Gasteiger partial charge in [-0.25, -0.2) is 0 Å². The summed E-state index contributed by atoms with van der Waals surface area (Å²) >= 11 is 0. The van der Waals surface area contributed by atoms with Crippen LogP contribution in [0.1, 0.15) is 37.6 Å². The number of rotatable bonds is 7. The van der Waals surface area contributed by atoms with Crippen molar-refractivity contribution in [3.8, 4) is 11.5 Å². The monoisotopic (exact) mass is 385 g/mol. The van der Waals surface area contributed by atoms with Gasteiger partial charge in [-0.15, -0.1) is 0 Å². The quantitative estimate of drug-likeness (QED) is 0.574. The van der Waals surface area contributed by atoms with Gasteiger partial charge < -0.3 is 19.7 Å². The number of hydrogen-bond donors (Lipinski definition) is 1. The third kappa shape index (κ3) is 4.36. The maximum atomic E-state index is 12.8. The number of amides is 1. The van der Waals surface area contributed by atoms with E-state index in [1.807, 2.05) is 42.2 Å². The fourth-order valence-corrected chi connectivity index (χ4v) is 2.99. The van der Waals surface area contributed by atoms with Gasteiger partial charge in [0, 0.05) is 29.6 Å². The zero-order valence-electron chi connectivity index (χ0n) is 16.8. The Balaban J connectivity index is 1.56. The van der Waals surface area contributed by atoms with E-state index in [9.17, 15) is 9.59 Å². The maximum Gasteiger partial charge on any atom is 0.249 e. The highest BCUT2D eigenvalue weighted by Gasteiger charge is 2.23. The highest BCUT2D eigenvalue weighted by molar-refractivity contribution is 6.00. The fourth-order valence-electron chi connectivity index (χ4n) is 2.99. The lowest BCUT2D eigenvalue weighted by molar-refractivity contribution is -0.118. The lowest BCUT2D eigenvalue weighted by Gasteiger charge is -2.26. The Hall–Kier alpha value is -2.80. The molecule has 1 atom stereocenters. The van der Waals surface area contributed by atoms with E-state index < -0.39 is 6.04 Å². The van der Waals surface area contributed by atoms with Crippen LogP contribution in [0.5, 0.6) is 11.5 Å². The number of benzene rings is 1. The molecule has 0 bridgehead atoms. The van der Waals surface area contributed by atoms with Crippen molar-refractivity contribution in [2.45, 2.75) is 39.3 Å². The minimum absolute atomic E-state index is 0.0409. The van der Waals surface area contributed by atoms with Crippen LogP contribution in [-0.4, -0.2) is 54.1 Å². The van der Waals surface area contributed by atoms with Crippen LogP contribution in [-0.2, 0) is 4.79 Å². The summed E-state index contributed by atoms with van der Waals surface area (Å²) in [6.45, 7) is 6.41. The number of carbonyl (C=O) groups excluding carboxylic acids is 2. The molecule has 0 fully saturated rings. The maximum absolute atomic E-state index is 12.8.